The van der Waals surface area contributed by atoms with Gasteiger partial charge in [-0.05, 0) is 50.1 Å². The Morgan fingerprint density at radius 3 is 2.60 bits per heavy atom. The van der Waals surface area contributed by atoms with Gasteiger partial charge in [-0.1, -0.05) is 30.3 Å². The van der Waals surface area contributed by atoms with Gasteiger partial charge in [-0.25, -0.2) is 9.97 Å². The molecule has 0 aliphatic rings. The maximum atomic E-state index is 12.5. The Labute approximate surface area is 160 Å². The average Bonchev–Trinajstić information content (AvgIpc) is 2.88. The maximum absolute atomic E-state index is 12.5. The van der Waals surface area contributed by atoms with E-state index in [0.717, 1.165) is 33.9 Å². The summed E-state index contributed by atoms with van der Waals surface area (Å²) in [6, 6.07) is 7.02. The quantitative estimate of drug-likeness (QED) is 0.299. The van der Waals surface area contributed by atoms with Gasteiger partial charge in [-0.2, -0.15) is 0 Å². The number of benzene rings is 1. The molecule has 0 atom stereocenters. The molecule has 0 aliphatic carbocycles. The predicted molar refractivity (Wildman–Crippen MR) is 107 cm³/mol. The minimum absolute atomic E-state index is 0.0788. The molecule has 0 fully saturated rings. The van der Waals surface area contributed by atoms with E-state index >= 15 is 0 Å². The van der Waals surface area contributed by atoms with Crippen LogP contribution in [0.3, 0.4) is 0 Å². The number of thioether (sulfide) groups is 1. The van der Waals surface area contributed by atoms with Crippen LogP contribution in [0, 0.1) is 13.8 Å². The molecule has 130 valence electrons. The predicted octanol–water partition coefficient (Wildman–Crippen LogP) is 5.89. The van der Waals surface area contributed by atoms with E-state index in [1.54, 1.807) is 35.6 Å². The summed E-state index contributed by atoms with van der Waals surface area (Å²) in [6.45, 7) is 6.33. The molecule has 0 N–H and O–H groups in total. The Kier molecular flexibility index (Phi) is 5.77. The topological polar surface area (TPSA) is 42.9 Å². The number of aromatic nitrogens is 2. The SMILES string of the molecule is CCCc1nc(SCC(=O)c2ccc(Cl)cc2)c2c(C)c(C)sc2n1. The summed E-state index contributed by atoms with van der Waals surface area (Å²) in [5, 5.41) is 2.64. The zero-order valence-corrected chi connectivity index (χ0v) is 16.8. The standard InChI is InChI=1S/C19H19ClN2OS2/c1-4-5-16-21-18(17-11(2)12(3)25-19(17)22-16)24-10-15(23)13-6-8-14(20)9-7-13/h6-9H,4-5,10H2,1-3H3. The lowest BCUT2D eigenvalue weighted by Gasteiger charge is -2.06. The van der Waals surface area contributed by atoms with Gasteiger partial charge in [-0.3, -0.25) is 4.79 Å². The summed E-state index contributed by atoms with van der Waals surface area (Å²) in [5.74, 6) is 1.29. The second kappa shape index (κ2) is 7.85. The fraction of sp³-hybridized carbons (Fsp3) is 0.316. The Morgan fingerprint density at radius 1 is 1.20 bits per heavy atom. The number of rotatable bonds is 6. The number of aryl methyl sites for hydroxylation is 3. The molecule has 2 heterocycles. The number of thiophene rings is 1. The number of carbonyl (C=O) groups excluding carboxylic acids is 1. The molecular weight excluding hydrogens is 372 g/mol. The fourth-order valence-corrected chi connectivity index (χ4v) is 4.78. The van der Waals surface area contributed by atoms with Crippen molar-refractivity contribution in [3.05, 3.63) is 51.1 Å². The Hall–Kier alpha value is -1.43. The Balaban J connectivity index is 1.89. The molecule has 0 aliphatic heterocycles. The number of halogens is 1. The van der Waals surface area contributed by atoms with Crippen LogP contribution in [0.25, 0.3) is 10.2 Å². The smallest absolute Gasteiger partial charge is 0.173 e. The lowest BCUT2D eigenvalue weighted by molar-refractivity contribution is 0.102. The zero-order valence-electron chi connectivity index (χ0n) is 14.4. The van der Waals surface area contributed by atoms with Crippen LogP contribution >= 0.6 is 34.7 Å². The van der Waals surface area contributed by atoms with Gasteiger partial charge >= 0.3 is 0 Å². The Bertz CT molecular complexity index is 919. The number of hydrogen-bond donors (Lipinski definition) is 0. The second-order valence-corrected chi connectivity index (χ2v) is 8.48. The molecule has 3 aromatic rings. The van der Waals surface area contributed by atoms with Crippen LogP contribution in [-0.2, 0) is 6.42 Å². The van der Waals surface area contributed by atoms with Crippen molar-refractivity contribution in [3.63, 3.8) is 0 Å². The number of ketones is 1. The van der Waals surface area contributed by atoms with Crippen LogP contribution in [0.2, 0.25) is 5.02 Å². The van der Waals surface area contributed by atoms with Crippen molar-refractivity contribution in [2.45, 2.75) is 38.6 Å². The van der Waals surface area contributed by atoms with Crippen LogP contribution in [0.4, 0.5) is 0 Å². The summed E-state index contributed by atoms with van der Waals surface area (Å²) >= 11 is 9.09. The number of nitrogens with zero attached hydrogens (tertiary/aromatic N) is 2. The van der Waals surface area contributed by atoms with E-state index in [2.05, 4.69) is 20.8 Å². The monoisotopic (exact) mass is 390 g/mol. The molecular formula is C19H19ClN2OS2. The van der Waals surface area contributed by atoms with Gasteiger partial charge in [-0.15, -0.1) is 11.3 Å². The van der Waals surface area contributed by atoms with Gasteiger partial charge in [0.25, 0.3) is 0 Å². The lowest BCUT2D eigenvalue weighted by Crippen LogP contribution is -2.03. The maximum Gasteiger partial charge on any atom is 0.173 e. The molecule has 0 amide bonds. The molecule has 3 rings (SSSR count). The molecule has 0 spiro atoms. The highest BCUT2D eigenvalue weighted by Crippen LogP contribution is 2.35. The van der Waals surface area contributed by atoms with Gasteiger partial charge in [0.05, 0.1) is 5.75 Å². The van der Waals surface area contributed by atoms with Crippen molar-refractivity contribution >= 4 is 50.7 Å². The van der Waals surface area contributed by atoms with Crippen LogP contribution in [0.1, 0.15) is 40.0 Å². The first-order chi connectivity index (χ1) is 12.0. The molecule has 0 saturated heterocycles. The van der Waals surface area contributed by atoms with E-state index in [1.165, 1.54) is 22.2 Å². The van der Waals surface area contributed by atoms with Crippen molar-refractivity contribution in [1.29, 1.82) is 0 Å². The Morgan fingerprint density at radius 2 is 1.92 bits per heavy atom. The van der Waals surface area contributed by atoms with Crippen molar-refractivity contribution < 1.29 is 4.79 Å². The van der Waals surface area contributed by atoms with Gasteiger partial charge in [0.2, 0.25) is 0 Å². The fourth-order valence-electron chi connectivity index (χ4n) is 2.55. The largest absolute Gasteiger partial charge is 0.293 e. The van der Waals surface area contributed by atoms with Gasteiger partial charge in [0, 0.05) is 27.3 Å². The second-order valence-electron chi connectivity index (χ2n) is 5.88. The minimum atomic E-state index is 0.0788. The van der Waals surface area contributed by atoms with E-state index < -0.39 is 0 Å². The van der Waals surface area contributed by atoms with E-state index in [0.29, 0.717) is 16.3 Å². The number of Topliss-reactive ketones (excluding diaryl/α,β-unsaturated/α-hetero) is 1. The first kappa shape index (κ1) is 18.4. The molecule has 25 heavy (non-hydrogen) atoms. The van der Waals surface area contributed by atoms with Gasteiger partial charge in [0.15, 0.2) is 5.78 Å². The third-order valence-electron chi connectivity index (χ3n) is 4.02. The van der Waals surface area contributed by atoms with E-state index in [9.17, 15) is 4.79 Å². The third-order valence-corrected chi connectivity index (χ3v) is 6.35. The first-order valence-electron chi connectivity index (χ1n) is 8.17. The van der Waals surface area contributed by atoms with E-state index in [1.807, 2.05) is 0 Å². The third kappa shape index (κ3) is 4.05. The first-order valence-corrected chi connectivity index (χ1v) is 10.4. The molecule has 6 heteroatoms. The van der Waals surface area contributed by atoms with E-state index in [4.69, 9.17) is 21.6 Å². The lowest BCUT2D eigenvalue weighted by atomic mass is 10.1. The summed E-state index contributed by atoms with van der Waals surface area (Å²) in [4.78, 5) is 24.2. The minimum Gasteiger partial charge on any atom is -0.293 e. The summed E-state index contributed by atoms with van der Waals surface area (Å²) in [5.41, 5.74) is 1.89. The molecule has 3 nitrogen and oxygen atoms in total. The highest BCUT2D eigenvalue weighted by molar-refractivity contribution is 8.00. The summed E-state index contributed by atoms with van der Waals surface area (Å²) in [7, 11) is 0. The number of fused-ring (bicyclic) bond motifs is 1. The van der Waals surface area contributed by atoms with E-state index in [-0.39, 0.29) is 5.78 Å². The van der Waals surface area contributed by atoms with Crippen LogP contribution < -0.4 is 0 Å². The van der Waals surface area contributed by atoms with Gasteiger partial charge in [0.1, 0.15) is 15.7 Å². The van der Waals surface area contributed by atoms with Gasteiger partial charge < -0.3 is 0 Å². The van der Waals surface area contributed by atoms with Crippen molar-refractivity contribution in [2.24, 2.45) is 0 Å². The van der Waals surface area contributed by atoms with Crippen LogP contribution in [0.5, 0.6) is 0 Å². The molecule has 0 saturated carbocycles. The number of carbonyl (C=O) groups is 1. The summed E-state index contributed by atoms with van der Waals surface area (Å²) < 4.78 is 0. The van der Waals surface area contributed by atoms with Crippen LogP contribution in [0.15, 0.2) is 29.3 Å². The van der Waals surface area contributed by atoms with Crippen molar-refractivity contribution in [3.8, 4) is 0 Å². The zero-order chi connectivity index (χ0) is 18.0. The molecule has 0 unspecified atom stereocenters. The van der Waals surface area contributed by atoms with Crippen molar-refractivity contribution in [2.75, 3.05) is 5.75 Å². The molecule has 2 aromatic heterocycles. The molecule has 0 radical (unpaired) electrons. The van der Waals surface area contributed by atoms with Crippen molar-refractivity contribution in [1.82, 2.24) is 9.97 Å². The normalized spacial score (nSPS) is 11.2. The highest BCUT2D eigenvalue weighted by Gasteiger charge is 2.16. The molecule has 1 aromatic carbocycles. The average molecular weight is 391 g/mol. The van der Waals surface area contributed by atoms with Crippen LogP contribution in [-0.4, -0.2) is 21.5 Å². The number of hydrogen-bond acceptors (Lipinski definition) is 5. The summed E-state index contributed by atoms with van der Waals surface area (Å²) in [6.07, 6.45) is 1.85. The highest BCUT2D eigenvalue weighted by atomic mass is 35.5. The molecule has 0 bridgehead atoms.